The summed E-state index contributed by atoms with van der Waals surface area (Å²) >= 11 is 0. The van der Waals surface area contributed by atoms with Gasteiger partial charge in [-0.3, -0.25) is 0 Å². The number of ether oxygens (including phenoxy) is 1. The Morgan fingerprint density at radius 2 is 1.81 bits per heavy atom. The smallest absolute Gasteiger partial charge is 0.407 e. The van der Waals surface area contributed by atoms with E-state index in [0.29, 0.717) is 19.5 Å². The highest BCUT2D eigenvalue weighted by Gasteiger charge is 2.15. The minimum atomic E-state index is -3.15. The Bertz CT molecular complexity index is 319. The molecule has 0 atom stereocenters. The Morgan fingerprint density at radius 3 is 2.25 bits per heavy atom. The van der Waals surface area contributed by atoms with E-state index in [2.05, 4.69) is 10.0 Å². The molecular weight excluding hydrogens is 232 g/mol. The van der Waals surface area contributed by atoms with Crippen LogP contribution in [0.3, 0.4) is 0 Å². The maximum absolute atomic E-state index is 11.1. The monoisotopic (exact) mass is 252 g/mol. The van der Waals surface area contributed by atoms with Gasteiger partial charge in [-0.1, -0.05) is 0 Å². The molecule has 0 aliphatic heterocycles. The van der Waals surface area contributed by atoms with Gasteiger partial charge < -0.3 is 10.1 Å². The van der Waals surface area contributed by atoms with E-state index in [1.807, 2.05) is 0 Å². The van der Waals surface area contributed by atoms with Gasteiger partial charge in [0, 0.05) is 13.1 Å². The fourth-order valence-electron chi connectivity index (χ4n) is 0.851. The molecule has 0 fully saturated rings. The van der Waals surface area contributed by atoms with Crippen LogP contribution in [0, 0.1) is 0 Å². The van der Waals surface area contributed by atoms with Crippen molar-refractivity contribution in [2.75, 3.05) is 19.3 Å². The van der Waals surface area contributed by atoms with Gasteiger partial charge in [0.2, 0.25) is 10.0 Å². The lowest BCUT2D eigenvalue weighted by Crippen LogP contribution is -2.34. The summed E-state index contributed by atoms with van der Waals surface area (Å²) in [5.41, 5.74) is -0.519. The van der Waals surface area contributed by atoms with Crippen LogP contribution in [-0.4, -0.2) is 39.5 Å². The van der Waals surface area contributed by atoms with Crippen LogP contribution < -0.4 is 10.0 Å². The summed E-state index contributed by atoms with van der Waals surface area (Å²) in [7, 11) is -3.15. The third kappa shape index (κ3) is 11.3. The highest BCUT2D eigenvalue weighted by Crippen LogP contribution is 2.06. The van der Waals surface area contributed by atoms with Crippen LogP contribution in [0.4, 0.5) is 4.79 Å². The summed E-state index contributed by atoms with van der Waals surface area (Å²) in [6.07, 6.45) is 1.12. The molecule has 6 nitrogen and oxygen atoms in total. The number of rotatable bonds is 5. The molecule has 0 heterocycles. The van der Waals surface area contributed by atoms with Crippen molar-refractivity contribution in [1.29, 1.82) is 0 Å². The van der Waals surface area contributed by atoms with Crippen LogP contribution in [0.25, 0.3) is 0 Å². The molecule has 16 heavy (non-hydrogen) atoms. The lowest BCUT2D eigenvalue weighted by molar-refractivity contribution is 0.0527. The largest absolute Gasteiger partial charge is 0.444 e. The first-order valence-corrected chi connectivity index (χ1v) is 6.91. The lowest BCUT2D eigenvalue weighted by Gasteiger charge is -2.19. The zero-order valence-corrected chi connectivity index (χ0v) is 11.0. The Labute approximate surface area is 96.8 Å². The van der Waals surface area contributed by atoms with Crippen LogP contribution in [-0.2, 0) is 14.8 Å². The zero-order chi connectivity index (χ0) is 12.8. The van der Waals surface area contributed by atoms with E-state index in [1.165, 1.54) is 0 Å². The van der Waals surface area contributed by atoms with Crippen LogP contribution in [0.1, 0.15) is 27.2 Å². The highest BCUT2D eigenvalue weighted by atomic mass is 32.2. The molecule has 0 aromatic rings. The van der Waals surface area contributed by atoms with Crippen molar-refractivity contribution in [3.05, 3.63) is 0 Å². The van der Waals surface area contributed by atoms with Crippen molar-refractivity contribution in [1.82, 2.24) is 10.0 Å². The predicted molar refractivity (Wildman–Crippen MR) is 61.7 cm³/mol. The number of nitrogens with one attached hydrogen (secondary N) is 2. The molecule has 0 unspecified atom stereocenters. The molecular formula is C9H20N2O4S. The maximum atomic E-state index is 11.1. The van der Waals surface area contributed by atoms with Gasteiger partial charge in [0.15, 0.2) is 0 Å². The molecule has 0 rings (SSSR count). The Morgan fingerprint density at radius 1 is 1.25 bits per heavy atom. The van der Waals surface area contributed by atoms with E-state index in [4.69, 9.17) is 4.74 Å². The normalized spacial score (nSPS) is 12.2. The number of amides is 1. The average molecular weight is 252 g/mol. The molecule has 0 spiro atoms. The SMILES string of the molecule is CC(C)(C)OC(=O)NCCCNS(C)(=O)=O. The predicted octanol–water partition coefficient (Wildman–Crippen LogP) is 0.450. The third-order valence-electron chi connectivity index (χ3n) is 1.39. The summed E-state index contributed by atoms with van der Waals surface area (Å²) in [5.74, 6) is 0. The quantitative estimate of drug-likeness (QED) is 0.696. The number of carbonyl (C=O) groups is 1. The minimum absolute atomic E-state index is 0.300. The fourth-order valence-corrected chi connectivity index (χ4v) is 1.37. The number of alkyl carbamates (subject to hydrolysis) is 1. The van der Waals surface area contributed by atoms with E-state index in [0.717, 1.165) is 6.26 Å². The number of hydrogen-bond donors (Lipinski definition) is 2. The second kappa shape index (κ2) is 6.05. The van der Waals surface area contributed by atoms with E-state index in [-0.39, 0.29) is 0 Å². The second-order valence-electron chi connectivity index (χ2n) is 4.45. The van der Waals surface area contributed by atoms with Crippen molar-refractivity contribution in [3.8, 4) is 0 Å². The van der Waals surface area contributed by atoms with Crippen molar-refractivity contribution < 1.29 is 17.9 Å². The molecule has 1 amide bonds. The van der Waals surface area contributed by atoms with Gasteiger partial charge in [0.05, 0.1) is 6.26 Å². The molecule has 0 saturated heterocycles. The first kappa shape index (κ1) is 15.2. The topological polar surface area (TPSA) is 84.5 Å². The molecule has 0 aromatic heterocycles. The van der Waals surface area contributed by atoms with E-state index in [1.54, 1.807) is 20.8 Å². The molecule has 2 N–H and O–H groups in total. The number of carbonyl (C=O) groups excluding carboxylic acids is 1. The first-order chi connectivity index (χ1) is 7.10. The van der Waals surface area contributed by atoms with Gasteiger partial charge in [-0.05, 0) is 27.2 Å². The summed E-state index contributed by atoms with van der Waals surface area (Å²) in [4.78, 5) is 11.1. The summed E-state index contributed by atoms with van der Waals surface area (Å²) < 4.78 is 28.7. The summed E-state index contributed by atoms with van der Waals surface area (Å²) in [6, 6.07) is 0. The van der Waals surface area contributed by atoms with Gasteiger partial charge in [0.1, 0.15) is 5.60 Å². The first-order valence-electron chi connectivity index (χ1n) is 5.02. The Hall–Kier alpha value is -0.820. The second-order valence-corrected chi connectivity index (χ2v) is 6.28. The molecule has 0 aliphatic carbocycles. The van der Waals surface area contributed by atoms with Crippen LogP contribution in [0.5, 0.6) is 0 Å². The Balaban J connectivity index is 3.57. The molecule has 0 saturated carbocycles. The fraction of sp³-hybridized carbons (Fsp3) is 0.889. The zero-order valence-electron chi connectivity index (χ0n) is 10.2. The van der Waals surface area contributed by atoms with Gasteiger partial charge >= 0.3 is 6.09 Å². The molecule has 96 valence electrons. The van der Waals surface area contributed by atoms with Crippen molar-refractivity contribution in [3.63, 3.8) is 0 Å². The Kier molecular flexibility index (Phi) is 5.74. The van der Waals surface area contributed by atoms with E-state index < -0.39 is 21.7 Å². The average Bonchev–Trinajstić information content (AvgIpc) is 1.97. The highest BCUT2D eigenvalue weighted by molar-refractivity contribution is 7.88. The van der Waals surface area contributed by atoms with Crippen LogP contribution >= 0.6 is 0 Å². The summed E-state index contributed by atoms with van der Waals surface area (Å²) in [5, 5.41) is 2.53. The molecule has 0 radical (unpaired) electrons. The van der Waals surface area contributed by atoms with Crippen LogP contribution in [0.15, 0.2) is 0 Å². The van der Waals surface area contributed by atoms with Gasteiger partial charge in [-0.2, -0.15) is 0 Å². The summed E-state index contributed by atoms with van der Waals surface area (Å²) in [6.45, 7) is 6.00. The van der Waals surface area contributed by atoms with Gasteiger partial charge in [0.25, 0.3) is 0 Å². The van der Waals surface area contributed by atoms with Gasteiger partial charge in [-0.15, -0.1) is 0 Å². The van der Waals surface area contributed by atoms with Crippen LogP contribution in [0.2, 0.25) is 0 Å². The van der Waals surface area contributed by atoms with Crippen molar-refractivity contribution >= 4 is 16.1 Å². The van der Waals surface area contributed by atoms with Crippen molar-refractivity contribution in [2.45, 2.75) is 32.8 Å². The molecule has 0 aliphatic rings. The van der Waals surface area contributed by atoms with Gasteiger partial charge in [-0.25, -0.2) is 17.9 Å². The number of sulfonamides is 1. The number of hydrogen-bond acceptors (Lipinski definition) is 4. The van der Waals surface area contributed by atoms with E-state index >= 15 is 0 Å². The minimum Gasteiger partial charge on any atom is -0.444 e. The molecule has 7 heteroatoms. The van der Waals surface area contributed by atoms with Crippen molar-refractivity contribution in [2.24, 2.45) is 0 Å². The van der Waals surface area contributed by atoms with E-state index in [9.17, 15) is 13.2 Å². The maximum Gasteiger partial charge on any atom is 0.407 e. The lowest BCUT2D eigenvalue weighted by atomic mass is 10.2. The molecule has 0 bridgehead atoms. The molecule has 0 aromatic carbocycles. The third-order valence-corrected chi connectivity index (χ3v) is 2.11. The standard InChI is InChI=1S/C9H20N2O4S/c1-9(2,3)15-8(12)10-6-5-7-11-16(4,13)14/h11H,5-7H2,1-4H3,(H,10,12).